The lowest BCUT2D eigenvalue weighted by Gasteiger charge is -2.22. The molecule has 1 unspecified atom stereocenters. The van der Waals surface area contributed by atoms with Gasteiger partial charge in [0, 0.05) is 28.3 Å². The fraction of sp³-hybridized carbons (Fsp3) is 0.480. The van der Waals surface area contributed by atoms with E-state index >= 15 is 0 Å². The van der Waals surface area contributed by atoms with Gasteiger partial charge < -0.3 is 9.57 Å². The van der Waals surface area contributed by atoms with Crippen LogP contribution in [0.15, 0.2) is 41.7 Å². The number of rotatable bonds is 7. The summed E-state index contributed by atoms with van der Waals surface area (Å²) in [6.45, 7) is 2.12. The molecule has 0 radical (unpaired) electrons. The maximum absolute atomic E-state index is 12.3. The van der Waals surface area contributed by atoms with Crippen LogP contribution < -0.4 is 4.74 Å². The zero-order valence-electron chi connectivity index (χ0n) is 19.6. The first kappa shape index (κ1) is 27.6. The van der Waals surface area contributed by atoms with Crippen molar-refractivity contribution in [3.05, 3.63) is 47.1 Å². The van der Waals surface area contributed by atoms with Crippen LogP contribution in [0.3, 0.4) is 0 Å². The molecule has 3 rings (SSSR count). The average molecular weight is 499 g/mol. The van der Waals surface area contributed by atoms with Crippen LogP contribution in [0, 0.1) is 5.92 Å². The van der Waals surface area contributed by atoms with Gasteiger partial charge in [-0.1, -0.05) is 48.7 Å². The molecule has 9 heteroatoms. The van der Waals surface area contributed by atoms with E-state index in [0.717, 1.165) is 6.42 Å². The molecule has 0 amide bonds. The van der Waals surface area contributed by atoms with Crippen LogP contribution in [0.2, 0.25) is 5.02 Å². The van der Waals surface area contributed by atoms with Gasteiger partial charge in [-0.05, 0) is 56.4 Å². The normalized spacial score (nSPS) is 17.0. The summed E-state index contributed by atoms with van der Waals surface area (Å²) < 4.78 is 41.7. The zero-order valence-corrected chi connectivity index (χ0v) is 20.4. The van der Waals surface area contributed by atoms with Gasteiger partial charge in [-0.2, -0.15) is 13.2 Å². The zero-order chi connectivity index (χ0) is 25.1. The van der Waals surface area contributed by atoms with Crippen LogP contribution in [0.25, 0.3) is 11.1 Å². The number of nitrogens with zero attached hydrogens (tertiary/aromatic N) is 2. The van der Waals surface area contributed by atoms with E-state index in [1.807, 2.05) is 0 Å². The molecule has 186 valence electrons. The van der Waals surface area contributed by atoms with Crippen molar-refractivity contribution in [1.82, 2.24) is 4.98 Å². The van der Waals surface area contributed by atoms with Crippen LogP contribution in [0.5, 0.6) is 5.88 Å². The van der Waals surface area contributed by atoms with E-state index in [1.54, 1.807) is 31.4 Å². The molecular weight excluding hydrogens is 469 g/mol. The summed E-state index contributed by atoms with van der Waals surface area (Å²) >= 11 is 5.79. The van der Waals surface area contributed by atoms with Gasteiger partial charge in [0.2, 0.25) is 5.88 Å². The molecule has 1 atom stereocenters. The molecule has 1 aromatic carbocycles. The summed E-state index contributed by atoms with van der Waals surface area (Å²) in [5, 5.41) is 4.58. The highest BCUT2D eigenvalue weighted by Crippen LogP contribution is 2.31. The number of pyridine rings is 1. The van der Waals surface area contributed by atoms with Crippen molar-refractivity contribution in [2.24, 2.45) is 11.1 Å². The third-order valence-corrected chi connectivity index (χ3v) is 5.59. The molecule has 0 saturated heterocycles. The number of carbonyl (C=O) groups is 1. The first-order chi connectivity index (χ1) is 16.1. The first-order valence-electron chi connectivity index (χ1n) is 11.2. The topological polar surface area (TPSA) is 60.8 Å². The number of Topliss-reactive ketones (excluding diaryl/α,β-unsaturated/α-hetero) is 1. The molecular formula is C25H30ClF3N2O3. The van der Waals surface area contributed by atoms with Crippen molar-refractivity contribution in [3.63, 3.8) is 0 Å². The SMILES string of the molecule is CC(=O)c1cnc(OCC(F)(F)F)c(-c2ccc(Cl)cc2)c1.CCCC1CCCC/C1=N\OC. The highest BCUT2D eigenvalue weighted by Gasteiger charge is 2.29. The van der Waals surface area contributed by atoms with E-state index in [1.165, 1.54) is 57.0 Å². The van der Waals surface area contributed by atoms with Crippen LogP contribution in [-0.4, -0.2) is 36.4 Å². The molecule has 0 spiro atoms. The average Bonchev–Trinajstić information content (AvgIpc) is 2.80. The quantitative estimate of drug-likeness (QED) is 0.292. The largest absolute Gasteiger partial charge is 0.468 e. The molecule has 5 nitrogen and oxygen atoms in total. The Balaban J connectivity index is 0.000000287. The number of alkyl halides is 3. The van der Waals surface area contributed by atoms with Crippen molar-refractivity contribution in [3.8, 4) is 17.0 Å². The maximum atomic E-state index is 12.3. The number of ketones is 1. The van der Waals surface area contributed by atoms with Gasteiger partial charge in [-0.3, -0.25) is 4.79 Å². The standard InChI is InChI=1S/C15H11ClF3NO2.C10H19NO/c1-9(21)11-6-13(10-2-4-12(16)5-3-10)14(20-7-11)22-8-15(17,18)19;1-3-6-9-7-4-5-8-10(9)11-12-2/h2-7H,8H2,1H3;9H,3-8H2,1-2H3/b;11-10+. The summed E-state index contributed by atoms with van der Waals surface area (Å²) in [5.41, 5.74) is 2.43. The third kappa shape index (κ3) is 8.97. The van der Waals surface area contributed by atoms with Crippen molar-refractivity contribution >= 4 is 23.1 Å². The first-order valence-corrected chi connectivity index (χ1v) is 11.6. The Labute approximate surface area is 203 Å². The lowest BCUT2D eigenvalue weighted by Crippen LogP contribution is -2.20. The smallest absolute Gasteiger partial charge is 0.422 e. The molecule has 1 aliphatic rings. The van der Waals surface area contributed by atoms with Gasteiger partial charge in [0.1, 0.15) is 7.11 Å². The van der Waals surface area contributed by atoms with Gasteiger partial charge in [-0.15, -0.1) is 0 Å². The van der Waals surface area contributed by atoms with Crippen molar-refractivity contribution in [2.75, 3.05) is 13.7 Å². The second-order valence-corrected chi connectivity index (χ2v) is 8.48. The number of halogens is 4. The van der Waals surface area contributed by atoms with Gasteiger partial charge in [0.05, 0.1) is 5.71 Å². The van der Waals surface area contributed by atoms with Crippen molar-refractivity contribution in [2.45, 2.75) is 58.5 Å². The Morgan fingerprint density at radius 3 is 2.53 bits per heavy atom. The fourth-order valence-corrected chi connectivity index (χ4v) is 3.84. The van der Waals surface area contributed by atoms with E-state index in [4.69, 9.17) is 21.2 Å². The summed E-state index contributed by atoms with van der Waals surface area (Å²) in [6, 6.07) is 7.85. The van der Waals surface area contributed by atoms with Crippen molar-refractivity contribution < 1.29 is 27.5 Å². The number of oxime groups is 1. The summed E-state index contributed by atoms with van der Waals surface area (Å²) in [4.78, 5) is 20.1. The second kappa shape index (κ2) is 13.3. The minimum atomic E-state index is -4.47. The summed E-state index contributed by atoms with van der Waals surface area (Å²) in [5.74, 6) is 0.276. The highest BCUT2D eigenvalue weighted by molar-refractivity contribution is 6.30. The van der Waals surface area contributed by atoms with E-state index in [-0.39, 0.29) is 17.2 Å². The Morgan fingerprint density at radius 1 is 1.24 bits per heavy atom. The lowest BCUT2D eigenvalue weighted by atomic mass is 9.84. The minimum Gasteiger partial charge on any atom is -0.468 e. The molecule has 34 heavy (non-hydrogen) atoms. The molecule has 0 N–H and O–H groups in total. The van der Waals surface area contributed by atoms with E-state index in [0.29, 0.717) is 22.1 Å². The Bertz CT molecular complexity index is 961. The molecule has 1 aromatic heterocycles. The molecule has 1 aliphatic carbocycles. The molecule has 0 bridgehead atoms. The Kier molecular flexibility index (Phi) is 10.8. The van der Waals surface area contributed by atoms with Gasteiger partial charge >= 0.3 is 6.18 Å². The predicted octanol–water partition coefficient (Wildman–Crippen LogP) is 7.52. The molecule has 2 aromatic rings. The number of hydrogen-bond donors (Lipinski definition) is 0. The fourth-order valence-electron chi connectivity index (χ4n) is 3.71. The summed E-state index contributed by atoms with van der Waals surface area (Å²) in [6.07, 6.45) is 4.38. The van der Waals surface area contributed by atoms with Crippen LogP contribution in [0.4, 0.5) is 13.2 Å². The number of ether oxygens (including phenoxy) is 1. The van der Waals surface area contributed by atoms with Crippen LogP contribution in [-0.2, 0) is 4.84 Å². The van der Waals surface area contributed by atoms with E-state index in [9.17, 15) is 18.0 Å². The van der Waals surface area contributed by atoms with Crippen molar-refractivity contribution in [1.29, 1.82) is 0 Å². The molecule has 1 fully saturated rings. The van der Waals surface area contributed by atoms with E-state index < -0.39 is 12.8 Å². The lowest BCUT2D eigenvalue weighted by molar-refractivity contribution is -0.154. The Morgan fingerprint density at radius 2 is 1.94 bits per heavy atom. The second-order valence-electron chi connectivity index (χ2n) is 8.04. The Hall–Kier alpha value is -2.61. The molecule has 1 heterocycles. The minimum absolute atomic E-state index is 0.190. The van der Waals surface area contributed by atoms with E-state index in [2.05, 4.69) is 17.1 Å². The number of hydrogen-bond acceptors (Lipinski definition) is 5. The van der Waals surface area contributed by atoms with Gasteiger partial charge in [0.25, 0.3) is 0 Å². The highest BCUT2D eigenvalue weighted by atomic mass is 35.5. The maximum Gasteiger partial charge on any atom is 0.422 e. The monoisotopic (exact) mass is 498 g/mol. The number of benzene rings is 1. The van der Waals surface area contributed by atoms with Gasteiger partial charge in [0.15, 0.2) is 12.4 Å². The molecule has 1 saturated carbocycles. The van der Waals surface area contributed by atoms with Crippen LogP contribution in [0.1, 0.15) is 62.7 Å². The number of aromatic nitrogens is 1. The predicted molar refractivity (Wildman–Crippen MR) is 128 cm³/mol. The number of carbonyl (C=O) groups excluding carboxylic acids is 1. The third-order valence-electron chi connectivity index (χ3n) is 5.34. The van der Waals surface area contributed by atoms with Crippen LogP contribution >= 0.6 is 11.6 Å². The summed E-state index contributed by atoms with van der Waals surface area (Å²) in [7, 11) is 1.64. The van der Waals surface area contributed by atoms with Gasteiger partial charge in [-0.25, -0.2) is 4.98 Å². The molecule has 0 aliphatic heterocycles.